The SMILES string of the molecule is CCCCOP(=O)(CCCCc1cccc2c1C(C(=O)NCC(F)(F)C(F)(F)F)c1ccccc1-2)OCCCC. The molecule has 0 radical (unpaired) electrons. The Labute approximate surface area is 232 Å². The van der Waals surface area contributed by atoms with Crippen LogP contribution >= 0.6 is 7.60 Å². The van der Waals surface area contributed by atoms with Gasteiger partial charge in [0, 0.05) is 0 Å². The van der Waals surface area contributed by atoms with E-state index in [9.17, 15) is 31.3 Å². The van der Waals surface area contributed by atoms with Gasteiger partial charge in [0.25, 0.3) is 0 Å². The van der Waals surface area contributed by atoms with Gasteiger partial charge in [0.15, 0.2) is 0 Å². The topological polar surface area (TPSA) is 64.6 Å². The van der Waals surface area contributed by atoms with E-state index in [1.807, 2.05) is 37.4 Å². The molecule has 5 nitrogen and oxygen atoms in total. The van der Waals surface area contributed by atoms with Crippen LogP contribution in [0, 0.1) is 0 Å². The third kappa shape index (κ3) is 7.92. The van der Waals surface area contributed by atoms with Gasteiger partial charge in [0.1, 0.15) is 0 Å². The van der Waals surface area contributed by atoms with Crippen LogP contribution in [0.5, 0.6) is 0 Å². The third-order valence-corrected chi connectivity index (χ3v) is 8.92. The normalized spacial score (nSPS) is 15.1. The largest absolute Gasteiger partial charge is 0.455 e. The summed E-state index contributed by atoms with van der Waals surface area (Å²) in [6.07, 6.45) is -0.566. The van der Waals surface area contributed by atoms with E-state index in [-0.39, 0.29) is 6.16 Å². The molecule has 0 heterocycles. The molecule has 0 aromatic heterocycles. The average molecular weight is 590 g/mol. The molecular formula is C29H37F5NO4P. The fourth-order valence-electron chi connectivity index (χ4n) is 4.71. The van der Waals surface area contributed by atoms with Crippen LogP contribution in [-0.4, -0.2) is 43.9 Å². The molecule has 222 valence electrons. The van der Waals surface area contributed by atoms with Crippen molar-refractivity contribution in [2.45, 2.75) is 76.8 Å². The van der Waals surface area contributed by atoms with Gasteiger partial charge in [-0.3, -0.25) is 9.36 Å². The fourth-order valence-corrected chi connectivity index (χ4v) is 6.47. The highest BCUT2D eigenvalue weighted by atomic mass is 31.2. The minimum absolute atomic E-state index is 0.242. The fraction of sp³-hybridized carbons (Fsp3) is 0.552. The van der Waals surface area contributed by atoms with Crippen LogP contribution in [-0.2, 0) is 24.8 Å². The highest BCUT2D eigenvalue weighted by Crippen LogP contribution is 2.50. The number of hydrogen-bond donors (Lipinski definition) is 1. The van der Waals surface area contributed by atoms with E-state index in [4.69, 9.17) is 9.05 Å². The zero-order valence-corrected chi connectivity index (χ0v) is 23.8. The van der Waals surface area contributed by atoms with Gasteiger partial charge in [0.2, 0.25) is 5.91 Å². The summed E-state index contributed by atoms with van der Waals surface area (Å²) in [5.74, 6) is -6.98. The van der Waals surface area contributed by atoms with Crippen molar-refractivity contribution in [1.82, 2.24) is 5.32 Å². The predicted octanol–water partition coefficient (Wildman–Crippen LogP) is 8.26. The predicted molar refractivity (Wildman–Crippen MR) is 145 cm³/mol. The van der Waals surface area contributed by atoms with Gasteiger partial charge in [-0.15, -0.1) is 0 Å². The first-order chi connectivity index (χ1) is 18.9. The van der Waals surface area contributed by atoms with Crippen LogP contribution in [0.15, 0.2) is 42.5 Å². The van der Waals surface area contributed by atoms with Gasteiger partial charge >= 0.3 is 19.7 Å². The monoisotopic (exact) mass is 589 g/mol. The highest BCUT2D eigenvalue weighted by Gasteiger charge is 2.57. The molecule has 1 amide bonds. The van der Waals surface area contributed by atoms with E-state index in [0.717, 1.165) is 42.4 Å². The molecule has 2 aromatic carbocycles. The van der Waals surface area contributed by atoms with Crippen LogP contribution in [0.25, 0.3) is 11.1 Å². The Kier molecular flexibility index (Phi) is 11.3. The van der Waals surface area contributed by atoms with Crippen molar-refractivity contribution >= 4 is 13.5 Å². The lowest BCUT2D eigenvalue weighted by atomic mass is 9.90. The average Bonchev–Trinajstić information content (AvgIpc) is 3.25. The number of carbonyl (C=O) groups is 1. The molecule has 1 unspecified atom stereocenters. The zero-order chi connectivity index (χ0) is 29.4. The van der Waals surface area contributed by atoms with Crippen LogP contribution in [0.1, 0.15) is 75.0 Å². The van der Waals surface area contributed by atoms with E-state index in [0.29, 0.717) is 43.6 Å². The lowest BCUT2D eigenvalue weighted by molar-refractivity contribution is -0.278. The highest BCUT2D eigenvalue weighted by molar-refractivity contribution is 7.53. The van der Waals surface area contributed by atoms with E-state index >= 15 is 0 Å². The van der Waals surface area contributed by atoms with Crippen LogP contribution in [0.3, 0.4) is 0 Å². The molecule has 0 saturated heterocycles. The van der Waals surface area contributed by atoms with E-state index in [1.54, 1.807) is 24.3 Å². The minimum Gasteiger partial charge on any atom is -0.349 e. The number of halogens is 5. The molecule has 1 atom stereocenters. The molecule has 0 spiro atoms. The Hall–Kier alpha value is -2.29. The lowest BCUT2D eigenvalue weighted by Gasteiger charge is -2.22. The summed E-state index contributed by atoms with van der Waals surface area (Å²) >= 11 is 0. The number of amides is 1. The molecule has 3 rings (SSSR count). The van der Waals surface area contributed by atoms with Gasteiger partial charge in [-0.25, -0.2) is 0 Å². The standard InChI is InChI=1S/C29H37F5NO4P/c1-3-5-17-38-40(37,39-18-6-4-2)19-10-9-12-21-13-11-16-23-22-14-7-8-15-24(22)26(25(21)23)27(36)35-20-28(30,31)29(32,33)34/h7-8,11,13-16,26H,3-6,9-10,12,17-20H2,1-2H3,(H,35,36). The summed E-state index contributed by atoms with van der Waals surface area (Å²) < 4.78 is 89.7. The van der Waals surface area contributed by atoms with Crippen molar-refractivity contribution in [2.24, 2.45) is 0 Å². The van der Waals surface area contributed by atoms with Gasteiger partial charge in [-0.05, 0) is 59.9 Å². The summed E-state index contributed by atoms with van der Waals surface area (Å²) in [5.41, 5.74) is 3.41. The third-order valence-electron chi connectivity index (χ3n) is 6.91. The van der Waals surface area contributed by atoms with Crippen molar-refractivity contribution in [3.63, 3.8) is 0 Å². The first kappa shape index (κ1) is 32.2. The smallest absolute Gasteiger partial charge is 0.349 e. The quantitative estimate of drug-likeness (QED) is 0.122. The Morgan fingerprint density at radius 2 is 1.50 bits per heavy atom. The molecule has 2 aromatic rings. The first-order valence-corrected chi connectivity index (χ1v) is 15.5. The molecule has 1 aliphatic rings. The lowest BCUT2D eigenvalue weighted by Crippen LogP contribution is -2.47. The minimum atomic E-state index is -5.77. The van der Waals surface area contributed by atoms with Crippen molar-refractivity contribution in [3.8, 4) is 11.1 Å². The Balaban J connectivity index is 1.75. The number of benzene rings is 2. The number of rotatable bonds is 16. The van der Waals surface area contributed by atoms with E-state index in [1.165, 1.54) is 0 Å². The molecule has 0 bridgehead atoms. The van der Waals surface area contributed by atoms with Crippen molar-refractivity contribution in [1.29, 1.82) is 0 Å². The summed E-state index contributed by atoms with van der Waals surface area (Å²) in [7, 11) is -3.26. The van der Waals surface area contributed by atoms with Gasteiger partial charge < -0.3 is 14.4 Å². The Morgan fingerprint density at radius 1 is 0.875 bits per heavy atom. The molecular weight excluding hydrogens is 552 g/mol. The second-order valence-corrected chi connectivity index (χ2v) is 12.2. The number of alkyl halides is 5. The number of nitrogens with one attached hydrogen (secondary N) is 1. The maximum atomic E-state index is 13.6. The van der Waals surface area contributed by atoms with Crippen LogP contribution < -0.4 is 5.32 Å². The van der Waals surface area contributed by atoms with Crippen molar-refractivity contribution < 1.29 is 40.4 Å². The summed E-state index contributed by atoms with van der Waals surface area (Å²) in [6.45, 7) is 2.90. The first-order valence-electron chi connectivity index (χ1n) is 13.8. The van der Waals surface area contributed by atoms with E-state index < -0.39 is 38.1 Å². The van der Waals surface area contributed by atoms with Crippen LogP contribution in [0.4, 0.5) is 22.0 Å². The molecule has 0 saturated carbocycles. The Morgan fingerprint density at radius 3 is 2.12 bits per heavy atom. The summed E-state index contributed by atoms with van der Waals surface area (Å²) in [4.78, 5) is 13.1. The second-order valence-electron chi connectivity index (χ2n) is 9.98. The summed E-state index contributed by atoms with van der Waals surface area (Å²) in [6, 6.07) is 12.4. The number of carbonyl (C=O) groups excluding carboxylic acids is 1. The molecule has 40 heavy (non-hydrogen) atoms. The maximum Gasteiger partial charge on any atom is 0.455 e. The Bertz CT molecular complexity index is 1170. The molecule has 1 N–H and O–H groups in total. The molecule has 0 aliphatic heterocycles. The maximum absolute atomic E-state index is 13.6. The van der Waals surface area contributed by atoms with Crippen LogP contribution in [0.2, 0.25) is 0 Å². The van der Waals surface area contributed by atoms with Gasteiger partial charge in [-0.1, -0.05) is 69.2 Å². The number of fused-ring (bicyclic) bond motifs is 3. The zero-order valence-electron chi connectivity index (χ0n) is 22.9. The molecule has 0 fully saturated rings. The second kappa shape index (κ2) is 14.1. The van der Waals surface area contributed by atoms with Crippen molar-refractivity contribution in [3.05, 3.63) is 59.2 Å². The summed E-state index contributed by atoms with van der Waals surface area (Å²) in [5, 5.41) is 1.84. The van der Waals surface area contributed by atoms with E-state index in [2.05, 4.69) is 0 Å². The van der Waals surface area contributed by atoms with Crippen molar-refractivity contribution in [2.75, 3.05) is 25.9 Å². The molecule has 1 aliphatic carbocycles. The molecule has 11 heteroatoms. The van der Waals surface area contributed by atoms with Gasteiger partial charge in [0.05, 0.1) is 31.8 Å². The number of aryl methyl sites for hydroxylation is 1. The van der Waals surface area contributed by atoms with Gasteiger partial charge in [-0.2, -0.15) is 22.0 Å². The number of hydrogen-bond acceptors (Lipinski definition) is 4. The number of unbranched alkanes of at least 4 members (excludes halogenated alkanes) is 3.